The molecule has 0 amide bonds. The zero-order valence-electron chi connectivity index (χ0n) is 20.8. The summed E-state index contributed by atoms with van der Waals surface area (Å²) in [5, 5.41) is 14.5. The first-order chi connectivity index (χ1) is 17.6. The molecule has 188 valence electrons. The normalized spacial score (nSPS) is 22.1. The van der Waals surface area contributed by atoms with E-state index >= 15 is 0 Å². The van der Waals surface area contributed by atoms with Crippen LogP contribution in [0.25, 0.3) is 11.4 Å². The Morgan fingerprint density at radius 2 is 2.11 bits per heavy atom. The van der Waals surface area contributed by atoms with E-state index in [0.717, 1.165) is 61.8 Å². The summed E-state index contributed by atoms with van der Waals surface area (Å²) in [4.78, 5) is 31.1. The number of ketones is 1. The van der Waals surface area contributed by atoms with E-state index in [1.807, 2.05) is 35.3 Å². The second-order valence-electron chi connectivity index (χ2n) is 9.91. The predicted molar refractivity (Wildman–Crippen MR) is 138 cm³/mol. The number of imidazole rings is 1. The molecule has 3 aromatic rings. The van der Waals surface area contributed by atoms with E-state index in [1.165, 1.54) is 0 Å². The number of aromatic nitrogens is 6. The number of H-pyrrole nitrogens is 1. The smallest absolute Gasteiger partial charge is 0.297 e. The number of hydrogen-bond acceptors (Lipinski definition) is 6. The molecule has 5 rings (SSSR count). The Hall–Kier alpha value is -3.62. The summed E-state index contributed by atoms with van der Waals surface area (Å²) in [7, 11) is 0. The Bertz CT molecular complexity index is 1320. The van der Waals surface area contributed by atoms with Gasteiger partial charge in [-0.05, 0) is 48.9 Å². The zero-order chi connectivity index (χ0) is 25.0. The summed E-state index contributed by atoms with van der Waals surface area (Å²) in [5.41, 5.74) is 2.34. The molecule has 1 fully saturated rings. The zero-order valence-corrected chi connectivity index (χ0v) is 20.8. The minimum Gasteiger partial charge on any atom is -0.297 e. The predicted octanol–water partition coefficient (Wildman–Crippen LogP) is 4.17. The number of allylic oxidation sites excluding steroid dienone is 1. The topological polar surface area (TPSA) is 111 Å². The molecule has 2 aliphatic rings. The maximum Gasteiger partial charge on any atom is 0.329 e. The van der Waals surface area contributed by atoms with E-state index in [-0.39, 0.29) is 17.5 Å². The van der Waals surface area contributed by atoms with Gasteiger partial charge in [-0.15, -0.1) is 10.2 Å². The number of unbranched alkanes of at least 4 members (excludes halogenated alkanes) is 1. The van der Waals surface area contributed by atoms with E-state index in [9.17, 15) is 9.59 Å². The largest absolute Gasteiger partial charge is 0.329 e. The number of nitrogens with zero attached hydrogens (tertiary/aromatic N) is 6. The van der Waals surface area contributed by atoms with Crippen molar-refractivity contribution in [1.29, 1.82) is 0 Å². The van der Waals surface area contributed by atoms with Crippen LogP contribution in [0.2, 0.25) is 0 Å². The fraction of sp³-hybridized carbons (Fsp3) is 0.481. The molecule has 9 heteroatoms. The van der Waals surface area contributed by atoms with Crippen molar-refractivity contribution < 1.29 is 4.79 Å². The molecule has 1 N–H and O–H groups in total. The van der Waals surface area contributed by atoms with Crippen LogP contribution in [0.1, 0.15) is 75.6 Å². The van der Waals surface area contributed by atoms with Gasteiger partial charge in [-0.1, -0.05) is 50.5 Å². The van der Waals surface area contributed by atoms with Gasteiger partial charge in [-0.2, -0.15) is 5.21 Å². The van der Waals surface area contributed by atoms with Crippen LogP contribution in [-0.4, -0.2) is 41.8 Å². The third kappa shape index (κ3) is 4.74. The van der Waals surface area contributed by atoms with Gasteiger partial charge in [-0.25, -0.2) is 4.79 Å². The lowest BCUT2D eigenvalue weighted by atomic mass is 9.76. The van der Waals surface area contributed by atoms with Crippen molar-refractivity contribution >= 4 is 12.0 Å². The molecule has 2 atom stereocenters. The van der Waals surface area contributed by atoms with Gasteiger partial charge in [0.2, 0.25) is 5.82 Å². The van der Waals surface area contributed by atoms with E-state index < -0.39 is 5.41 Å². The molecule has 1 aliphatic heterocycles. The molecule has 1 saturated carbocycles. The van der Waals surface area contributed by atoms with E-state index in [0.29, 0.717) is 25.2 Å². The number of benzene rings is 1. The molecule has 0 spiro atoms. The van der Waals surface area contributed by atoms with Gasteiger partial charge in [-0.3, -0.25) is 18.9 Å². The molecule has 0 bridgehead atoms. The van der Waals surface area contributed by atoms with Crippen LogP contribution in [0.5, 0.6) is 0 Å². The maximum atomic E-state index is 13.9. The summed E-state index contributed by atoms with van der Waals surface area (Å²) in [6, 6.07) is 7.73. The first-order valence-electron chi connectivity index (χ1n) is 13.0. The number of hydrogen-bond donors (Lipinski definition) is 1. The SMILES string of the molecule is CCCCc1cn(C2CCCCCC2=O)c(=O)n1CC1(c2cccc(-c3nn[nH]n3)c2)C=CN=CC1. The van der Waals surface area contributed by atoms with Gasteiger partial charge in [0.1, 0.15) is 0 Å². The molecule has 2 aromatic heterocycles. The second-order valence-corrected chi connectivity index (χ2v) is 9.91. The second kappa shape index (κ2) is 10.6. The number of aliphatic imine (C=N–C) groups is 1. The van der Waals surface area contributed by atoms with E-state index in [4.69, 9.17) is 0 Å². The molecular weight excluding hydrogens is 454 g/mol. The number of nitrogens with one attached hydrogen (secondary N) is 1. The van der Waals surface area contributed by atoms with Crippen LogP contribution in [-0.2, 0) is 23.2 Å². The van der Waals surface area contributed by atoms with E-state index in [2.05, 4.69) is 50.7 Å². The fourth-order valence-electron chi connectivity index (χ4n) is 5.42. The van der Waals surface area contributed by atoms with Gasteiger partial charge in [0.25, 0.3) is 0 Å². The fourth-order valence-corrected chi connectivity index (χ4v) is 5.42. The van der Waals surface area contributed by atoms with Crippen LogP contribution in [0.15, 0.2) is 52.5 Å². The number of carbonyl (C=O) groups excluding carboxylic acids is 1. The lowest BCUT2D eigenvalue weighted by molar-refractivity contribution is -0.122. The molecule has 0 saturated heterocycles. The monoisotopic (exact) mass is 487 g/mol. The van der Waals surface area contributed by atoms with Crippen molar-refractivity contribution in [2.45, 2.75) is 82.7 Å². The Labute approximate surface area is 210 Å². The first-order valence-corrected chi connectivity index (χ1v) is 13.0. The number of carbonyl (C=O) groups is 1. The molecule has 1 aromatic carbocycles. The summed E-state index contributed by atoms with van der Waals surface area (Å²) in [6.07, 6.45) is 15.5. The Morgan fingerprint density at radius 3 is 2.89 bits per heavy atom. The molecule has 0 radical (unpaired) electrons. The van der Waals surface area contributed by atoms with Gasteiger partial charge >= 0.3 is 5.69 Å². The third-order valence-corrected chi connectivity index (χ3v) is 7.50. The van der Waals surface area contributed by atoms with Gasteiger partial charge in [0.15, 0.2) is 5.78 Å². The third-order valence-electron chi connectivity index (χ3n) is 7.50. The Morgan fingerprint density at radius 1 is 1.19 bits per heavy atom. The summed E-state index contributed by atoms with van der Waals surface area (Å²) < 4.78 is 3.63. The van der Waals surface area contributed by atoms with Crippen LogP contribution in [0.4, 0.5) is 0 Å². The number of Topliss-reactive ketones (excluding diaryl/α,β-unsaturated/α-hetero) is 1. The molecule has 1 aliphatic carbocycles. The van der Waals surface area contributed by atoms with Gasteiger partial charge in [0.05, 0.1) is 6.04 Å². The Kier molecular flexibility index (Phi) is 7.06. The molecule has 3 heterocycles. The van der Waals surface area contributed by atoms with Crippen molar-refractivity contribution in [1.82, 2.24) is 29.8 Å². The number of tetrazole rings is 1. The highest BCUT2D eigenvalue weighted by Gasteiger charge is 2.34. The number of aromatic amines is 1. The van der Waals surface area contributed by atoms with Crippen molar-refractivity contribution in [3.8, 4) is 11.4 Å². The highest BCUT2D eigenvalue weighted by molar-refractivity contribution is 5.82. The average molecular weight is 488 g/mol. The maximum absolute atomic E-state index is 13.9. The van der Waals surface area contributed by atoms with Crippen molar-refractivity contribution in [2.75, 3.05) is 0 Å². The van der Waals surface area contributed by atoms with Gasteiger partial charge in [0, 0.05) is 48.2 Å². The summed E-state index contributed by atoms with van der Waals surface area (Å²) in [5.74, 6) is 0.709. The average Bonchev–Trinajstić information content (AvgIpc) is 3.49. The van der Waals surface area contributed by atoms with Crippen LogP contribution in [0, 0.1) is 0 Å². The van der Waals surface area contributed by atoms with Crippen molar-refractivity contribution in [2.24, 2.45) is 4.99 Å². The molecule has 9 nitrogen and oxygen atoms in total. The molecule has 2 unspecified atom stereocenters. The highest BCUT2D eigenvalue weighted by atomic mass is 16.2. The lowest BCUT2D eigenvalue weighted by Gasteiger charge is -2.32. The van der Waals surface area contributed by atoms with Crippen molar-refractivity contribution in [3.05, 3.63) is 64.5 Å². The van der Waals surface area contributed by atoms with Crippen LogP contribution < -0.4 is 5.69 Å². The van der Waals surface area contributed by atoms with E-state index in [1.54, 1.807) is 4.57 Å². The standard InChI is InChI=1S/C27H33N7O2/c1-2-3-10-22-18-33(23-11-5-4-6-12-24(23)35)26(36)34(22)19-27(13-15-28-16-14-27)21-9-7-8-20(17-21)25-29-31-32-30-25/h7-9,13,15-18,23H,2-6,10-12,14,19H2,1H3,(H,29,30,31,32). The molecular formula is C27H33N7O2. The van der Waals surface area contributed by atoms with Gasteiger partial charge < -0.3 is 0 Å². The summed E-state index contributed by atoms with van der Waals surface area (Å²) >= 11 is 0. The highest BCUT2D eigenvalue weighted by Crippen LogP contribution is 2.35. The number of rotatable bonds is 8. The Balaban J connectivity index is 1.57. The summed E-state index contributed by atoms with van der Waals surface area (Å²) in [6.45, 7) is 2.62. The minimum atomic E-state index is -0.466. The van der Waals surface area contributed by atoms with Crippen LogP contribution in [0.3, 0.4) is 0 Å². The minimum absolute atomic E-state index is 0.0917. The number of aryl methyl sites for hydroxylation is 1. The van der Waals surface area contributed by atoms with Crippen molar-refractivity contribution in [3.63, 3.8) is 0 Å². The lowest BCUT2D eigenvalue weighted by Crippen LogP contribution is -2.38. The van der Waals surface area contributed by atoms with Crippen LogP contribution >= 0.6 is 0 Å². The quantitative estimate of drug-likeness (QED) is 0.479. The first kappa shape index (κ1) is 24.1. The molecule has 36 heavy (non-hydrogen) atoms.